The maximum atomic E-state index is 10.8. The van der Waals surface area contributed by atoms with E-state index in [2.05, 4.69) is 45.4 Å². The molecule has 1 amide bonds. The Bertz CT molecular complexity index is 582. The molecule has 1 aromatic carbocycles. The minimum absolute atomic E-state index is 0.0902. The van der Waals surface area contributed by atoms with Crippen molar-refractivity contribution in [3.63, 3.8) is 0 Å². The second-order valence-electron chi connectivity index (χ2n) is 4.31. The summed E-state index contributed by atoms with van der Waals surface area (Å²) >= 11 is 3.45. The number of anilines is 1. The molecule has 100 valence electrons. The molecule has 6 heteroatoms. The van der Waals surface area contributed by atoms with Gasteiger partial charge in [-0.15, -0.1) is 0 Å². The first kappa shape index (κ1) is 13.6. The molecule has 3 N–H and O–H groups in total. The van der Waals surface area contributed by atoms with Gasteiger partial charge in [-0.05, 0) is 24.6 Å². The molecule has 0 bridgehead atoms. The van der Waals surface area contributed by atoms with Crippen LogP contribution in [0.4, 0.5) is 5.69 Å². The summed E-state index contributed by atoms with van der Waals surface area (Å²) in [6.45, 7) is 2.15. The Kier molecular flexibility index (Phi) is 4.21. The molecule has 1 atom stereocenters. The van der Waals surface area contributed by atoms with Crippen LogP contribution < -0.4 is 11.1 Å². The van der Waals surface area contributed by atoms with Gasteiger partial charge < -0.3 is 11.1 Å². The van der Waals surface area contributed by atoms with Crippen molar-refractivity contribution in [2.24, 2.45) is 5.73 Å². The molecule has 2 aromatic rings. The number of nitrogens with two attached hydrogens (primary N) is 1. The van der Waals surface area contributed by atoms with Gasteiger partial charge in [-0.1, -0.05) is 28.1 Å². The van der Waals surface area contributed by atoms with Crippen LogP contribution in [0.5, 0.6) is 0 Å². The predicted molar refractivity (Wildman–Crippen MR) is 77.6 cm³/mol. The van der Waals surface area contributed by atoms with Gasteiger partial charge in [0.25, 0.3) is 0 Å². The normalized spacial score (nSPS) is 12.1. The van der Waals surface area contributed by atoms with Crippen molar-refractivity contribution < 1.29 is 4.79 Å². The monoisotopic (exact) mass is 322 g/mol. The Morgan fingerprint density at radius 1 is 1.58 bits per heavy atom. The zero-order valence-corrected chi connectivity index (χ0v) is 12.1. The van der Waals surface area contributed by atoms with Crippen molar-refractivity contribution in [2.45, 2.75) is 19.5 Å². The third-order valence-corrected chi connectivity index (χ3v) is 3.18. The fourth-order valence-corrected chi connectivity index (χ4v) is 2.21. The van der Waals surface area contributed by atoms with Crippen LogP contribution >= 0.6 is 15.9 Å². The highest BCUT2D eigenvalue weighted by Gasteiger charge is 2.07. The molecule has 0 saturated heterocycles. The molecule has 1 unspecified atom stereocenters. The van der Waals surface area contributed by atoms with Gasteiger partial charge in [-0.25, -0.2) is 0 Å². The molecular weight excluding hydrogens is 308 g/mol. The van der Waals surface area contributed by atoms with Crippen LogP contribution in [0.1, 0.15) is 18.5 Å². The lowest BCUT2D eigenvalue weighted by atomic mass is 10.1. The molecule has 1 aromatic heterocycles. The van der Waals surface area contributed by atoms with Crippen LogP contribution in [0, 0.1) is 0 Å². The van der Waals surface area contributed by atoms with Gasteiger partial charge in [-0.3, -0.25) is 9.48 Å². The second-order valence-corrected chi connectivity index (χ2v) is 5.23. The number of hydrogen-bond donors (Lipinski definition) is 2. The summed E-state index contributed by atoms with van der Waals surface area (Å²) in [5, 5.41) is 7.39. The minimum Gasteiger partial charge on any atom is -0.376 e. The number of carbonyl (C=O) groups excluding carboxylic acids is 1. The van der Waals surface area contributed by atoms with Gasteiger partial charge >= 0.3 is 0 Å². The third-order valence-electron chi connectivity index (χ3n) is 2.68. The third kappa shape index (κ3) is 3.82. The molecule has 5 nitrogen and oxygen atoms in total. The van der Waals surface area contributed by atoms with Gasteiger partial charge in [0, 0.05) is 16.7 Å². The van der Waals surface area contributed by atoms with E-state index in [0.717, 1.165) is 15.7 Å². The zero-order valence-electron chi connectivity index (χ0n) is 10.5. The second kappa shape index (κ2) is 5.88. The molecule has 0 aliphatic carbocycles. The maximum absolute atomic E-state index is 10.8. The lowest BCUT2D eigenvalue weighted by Gasteiger charge is -2.14. The molecule has 19 heavy (non-hydrogen) atoms. The van der Waals surface area contributed by atoms with Crippen LogP contribution in [-0.2, 0) is 11.3 Å². The van der Waals surface area contributed by atoms with E-state index in [1.54, 1.807) is 12.4 Å². The SMILES string of the molecule is CC(Nc1cnn(CC(N)=O)c1)c1cccc(Br)c1. The first-order chi connectivity index (χ1) is 9.04. The van der Waals surface area contributed by atoms with E-state index < -0.39 is 5.91 Å². The van der Waals surface area contributed by atoms with Crippen molar-refractivity contribution in [3.05, 3.63) is 46.7 Å². The van der Waals surface area contributed by atoms with E-state index in [1.807, 2.05) is 12.1 Å². The fraction of sp³-hybridized carbons (Fsp3) is 0.231. The zero-order chi connectivity index (χ0) is 13.8. The average Bonchev–Trinajstić information content (AvgIpc) is 2.75. The summed E-state index contributed by atoms with van der Waals surface area (Å²) in [5.74, 6) is -0.408. The maximum Gasteiger partial charge on any atom is 0.239 e. The molecule has 0 saturated carbocycles. The standard InChI is InChI=1S/C13H15BrN4O/c1-9(10-3-2-4-11(14)5-10)17-12-6-16-18(7-12)8-13(15)19/h2-7,9,17H,8H2,1H3,(H2,15,19). The van der Waals surface area contributed by atoms with E-state index in [9.17, 15) is 4.79 Å². The van der Waals surface area contributed by atoms with Gasteiger partial charge in [-0.2, -0.15) is 5.10 Å². The number of rotatable bonds is 5. The molecule has 0 spiro atoms. The summed E-state index contributed by atoms with van der Waals surface area (Å²) in [4.78, 5) is 10.8. The number of amides is 1. The molecule has 0 fully saturated rings. The quantitative estimate of drug-likeness (QED) is 0.887. The lowest BCUT2D eigenvalue weighted by Crippen LogP contribution is -2.18. The van der Waals surface area contributed by atoms with E-state index in [-0.39, 0.29) is 12.6 Å². The number of halogens is 1. The lowest BCUT2D eigenvalue weighted by molar-refractivity contribution is -0.118. The van der Waals surface area contributed by atoms with Crippen LogP contribution in [0.15, 0.2) is 41.1 Å². The van der Waals surface area contributed by atoms with Gasteiger partial charge in [0.1, 0.15) is 6.54 Å². The van der Waals surface area contributed by atoms with E-state index in [1.165, 1.54) is 4.68 Å². The Balaban J connectivity index is 2.04. The van der Waals surface area contributed by atoms with Gasteiger partial charge in [0.05, 0.1) is 11.9 Å². The number of nitrogens with zero attached hydrogens (tertiary/aromatic N) is 2. The summed E-state index contributed by atoms with van der Waals surface area (Å²) in [5.41, 5.74) is 7.14. The average molecular weight is 323 g/mol. The molecule has 1 heterocycles. The van der Waals surface area contributed by atoms with Crippen LogP contribution in [-0.4, -0.2) is 15.7 Å². The van der Waals surface area contributed by atoms with Crippen molar-refractivity contribution in [2.75, 3.05) is 5.32 Å². The first-order valence-corrected chi connectivity index (χ1v) is 6.66. The number of hydrogen-bond acceptors (Lipinski definition) is 3. The largest absolute Gasteiger partial charge is 0.376 e. The summed E-state index contributed by atoms with van der Waals surface area (Å²) < 4.78 is 2.56. The van der Waals surface area contributed by atoms with Crippen molar-refractivity contribution in [3.8, 4) is 0 Å². The Labute approximate surface area is 119 Å². The number of primary amides is 1. The Hall–Kier alpha value is -1.82. The van der Waals surface area contributed by atoms with Gasteiger partial charge in [0.15, 0.2) is 0 Å². The van der Waals surface area contributed by atoms with Crippen molar-refractivity contribution >= 4 is 27.5 Å². The van der Waals surface area contributed by atoms with E-state index >= 15 is 0 Å². The Morgan fingerprint density at radius 2 is 2.37 bits per heavy atom. The van der Waals surface area contributed by atoms with E-state index in [0.29, 0.717) is 0 Å². The van der Waals surface area contributed by atoms with Gasteiger partial charge in [0.2, 0.25) is 5.91 Å². The molecule has 0 radical (unpaired) electrons. The highest BCUT2D eigenvalue weighted by molar-refractivity contribution is 9.10. The topological polar surface area (TPSA) is 72.9 Å². The van der Waals surface area contributed by atoms with Crippen molar-refractivity contribution in [1.29, 1.82) is 0 Å². The smallest absolute Gasteiger partial charge is 0.239 e. The highest BCUT2D eigenvalue weighted by atomic mass is 79.9. The molecular formula is C13H15BrN4O. The van der Waals surface area contributed by atoms with Crippen LogP contribution in [0.25, 0.3) is 0 Å². The molecule has 0 aliphatic heterocycles. The van der Waals surface area contributed by atoms with Crippen LogP contribution in [0.3, 0.4) is 0 Å². The number of nitrogens with one attached hydrogen (secondary N) is 1. The number of carbonyl (C=O) groups is 1. The fourth-order valence-electron chi connectivity index (χ4n) is 1.79. The summed E-state index contributed by atoms with van der Waals surface area (Å²) in [7, 11) is 0. The number of aromatic nitrogens is 2. The van der Waals surface area contributed by atoms with E-state index in [4.69, 9.17) is 5.73 Å². The first-order valence-electron chi connectivity index (χ1n) is 5.87. The predicted octanol–water partition coefficient (Wildman–Crippen LogP) is 2.30. The van der Waals surface area contributed by atoms with Crippen molar-refractivity contribution in [1.82, 2.24) is 9.78 Å². The summed E-state index contributed by atoms with van der Waals surface area (Å²) in [6, 6.07) is 8.24. The number of benzene rings is 1. The molecule has 0 aliphatic rings. The highest BCUT2D eigenvalue weighted by Crippen LogP contribution is 2.21. The minimum atomic E-state index is -0.408. The Morgan fingerprint density at radius 3 is 3.05 bits per heavy atom. The summed E-state index contributed by atoms with van der Waals surface area (Å²) in [6.07, 6.45) is 3.44. The van der Waals surface area contributed by atoms with Crippen LogP contribution in [0.2, 0.25) is 0 Å². The molecule has 2 rings (SSSR count).